The van der Waals surface area contributed by atoms with Gasteiger partial charge in [-0.05, 0) is 44.9 Å². The second kappa shape index (κ2) is 6.29. The molecule has 0 fully saturated rings. The van der Waals surface area contributed by atoms with E-state index in [9.17, 15) is 14.9 Å². The molecule has 0 radical (unpaired) electrons. The summed E-state index contributed by atoms with van der Waals surface area (Å²) in [5.41, 5.74) is 4.88. The number of fused-ring (bicyclic) bond motifs is 1. The molecule has 0 heterocycles. The molecule has 0 aliphatic heterocycles. The number of primary amides is 1. The molecule has 0 atom stereocenters. The summed E-state index contributed by atoms with van der Waals surface area (Å²) in [5.74, 6) is -0.277. The highest BCUT2D eigenvalue weighted by Gasteiger charge is 2.19. The zero-order chi connectivity index (χ0) is 17.3. The van der Waals surface area contributed by atoms with Crippen LogP contribution in [0.25, 0.3) is 10.8 Å². The Balaban J connectivity index is 2.07. The lowest BCUT2D eigenvalue weighted by molar-refractivity contribution is -0.385. The number of rotatable bonds is 4. The topological polar surface area (TPSA) is 95.5 Å². The van der Waals surface area contributed by atoms with Crippen molar-refractivity contribution in [3.8, 4) is 11.5 Å². The lowest BCUT2D eigenvalue weighted by atomic mass is 10.1. The van der Waals surface area contributed by atoms with Crippen LogP contribution in [0.1, 0.15) is 10.4 Å². The summed E-state index contributed by atoms with van der Waals surface area (Å²) in [4.78, 5) is 21.8. The molecule has 120 valence electrons. The van der Waals surface area contributed by atoms with Crippen LogP contribution in [0, 0.1) is 10.1 Å². The molecule has 0 aliphatic carbocycles. The van der Waals surface area contributed by atoms with Gasteiger partial charge >= 0.3 is 5.69 Å². The highest BCUT2D eigenvalue weighted by Crippen LogP contribution is 2.38. The first-order valence-corrected chi connectivity index (χ1v) is 7.70. The van der Waals surface area contributed by atoms with Crippen molar-refractivity contribution in [3.05, 3.63) is 74.7 Å². The molecule has 2 N–H and O–H groups in total. The minimum Gasteiger partial charge on any atom is -0.449 e. The van der Waals surface area contributed by atoms with Gasteiger partial charge in [-0.1, -0.05) is 30.3 Å². The van der Waals surface area contributed by atoms with Gasteiger partial charge in [-0.3, -0.25) is 14.9 Å². The van der Waals surface area contributed by atoms with E-state index in [2.05, 4.69) is 15.9 Å². The third-order valence-electron chi connectivity index (χ3n) is 3.49. The lowest BCUT2D eigenvalue weighted by Crippen LogP contribution is -2.11. The Labute approximate surface area is 145 Å². The van der Waals surface area contributed by atoms with E-state index in [0.29, 0.717) is 10.2 Å². The van der Waals surface area contributed by atoms with E-state index in [-0.39, 0.29) is 17.0 Å². The Morgan fingerprint density at radius 3 is 2.50 bits per heavy atom. The van der Waals surface area contributed by atoms with Crippen LogP contribution in [-0.2, 0) is 0 Å². The number of nitrogens with two attached hydrogens (primary N) is 1. The number of nitro groups is 1. The molecule has 0 spiro atoms. The number of carbonyl (C=O) groups excluding carboxylic acids is 1. The second-order valence-corrected chi connectivity index (χ2v) is 5.80. The number of halogens is 1. The van der Waals surface area contributed by atoms with Gasteiger partial charge in [0.15, 0.2) is 0 Å². The number of benzene rings is 3. The maximum absolute atomic E-state index is 11.2. The van der Waals surface area contributed by atoms with Gasteiger partial charge in [0.1, 0.15) is 5.75 Å². The van der Waals surface area contributed by atoms with Crippen LogP contribution < -0.4 is 10.5 Å². The summed E-state index contributed by atoms with van der Waals surface area (Å²) < 4.78 is 6.39. The number of hydrogen-bond donors (Lipinski definition) is 1. The summed E-state index contributed by atoms with van der Waals surface area (Å²) >= 11 is 3.47. The van der Waals surface area contributed by atoms with Gasteiger partial charge in [0.25, 0.3) is 0 Å². The summed E-state index contributed by atoms with van der Waals surface area (Å²) in [6.07, 6.45) is 0. The molecule has 0 aromatic heterocycles. The Kier molecular flexibility index (Phi) is 4.18. The normalized spacial score (nSPS) is 10.5. The fourth-order valence-corrected chi connectivity index (χ4v) is 2.88. The van der Waals surface area contributed by atoms with Gasteiger partial charge in [0.05, 0.1) is 9.40 Å². The van der Waals surface area contributed by atoms with Crippen molar-refractivity contribution in [1.29, 1.82) is 0 Å². The van der Waals surface area contributed by atoms with Crippen LogP contribution >= 0.6 is 15.9 Å². The van der Waals surface area contributed by atoms with Crippen molar-refractivity contribution in [2.24, 2.45) is 5.73 Å². The van der Waals surface area contributed by atoms with Crippen LogP contribution in [0.5, 0.6) is 11.5 Å². The Bertz CT molecular complexity index is 972. The summed E-state index contributed by atoms with van der Waals surface area (Å²) in [6.45, 7) is 0. The van der Waals surface area contributed by atoms with Gasteiger partial charge in [0, 0.05) is 11.6 Å². The van der Waals surface area contributed by atoms with Gasteiger partial charge in [0.2, 0.25) is 11.7 Å². The average molecular weight is 387 g/mol. The van der Waals surface area contributed by atoms with Crippen molar-refractivity contribution in [1.82, 2.24) is 0 Å². The van der Waals surface area contributed by atoms with Crippen LogP contribution in [0.3, 0.4) is 0 Å². The first-order chi connectivity index (χ1) is 11.5. The molecule has 0 saturated heterocycles. The highest BCUT2D eigenvalue weighted by molar-refractivity contribution is 9.10. The van der Waals surface area contributed by atoms with Crippen molar-refractivity contribution in [2.45, 2.75) is 0 Å². The van der Waals surface area contributed by atoms with E-state index < -0.39 is 10.8 Å². The second-order valence-electron chi connectivity index (χ2n) is 5.00. The molecule has 3 aromatic rings. The Morgan fingerprint density at radius 1 is 1.08 bits per heavy atom. The zero-order valence-corrected chi connectivity index (χ0v) is 13.8. The van der Waals surface area contributed by atoms with Crippen LogP contribution in [0.15, 0.2) is 59.1 Å². The van der Waals surface area contributed by atoms with Crippen LogP contribution in [0.4, 0.5) is 5.69 Å². The predicted octanol–water partition coefficient (Wildman–Crippen LogP) is 4.40. The van der Waals surface area contributed by atoms with E-state index in [0.717, 1.165) is 16.8 Å². The summed E-state index contributed by atoms with van der Waals surface area (Å²) in [6, 6.07) is 15.1. The molecule has 0 aliphatic rings. The van der Waals surface area contributed by atoms with Gasteiger partial charge in [-0.15, -0.1) is 0 Å². The first kappa shape index (κ1) is 15.9. The molecular formula is C17H11BrN2O4. The van der Waals surface area contributed by atoms with Crippen molar-refractivity contribution in [2.75, 3.05) is 0 Å². The first-order valence-electron chi connectivity index (χ1n) is 6.90. The minimum atomic E-state index is -0.739. The molecule has 3 aromatic carbocycles. The van der Waals surface area contributed by atoms with E-state index in [1.807, 2.05) is 30.3 Å². The Hall–Kier alpha value is -2.93. The number of hydrogen-bond acceptors (Lipinski definition) is 4. The van der Waals surface area contributed by atoms with Crippen LogP contribution in [-0.4, -0.2) is 10.8 Å². The third kappa shape index (κ3) is 2.93. The number of amides is 1. The summed E-state index contributed by atoms with van der Waals surface area (Å²) in [7, 11) is 0. The molecule has 7 heteroatoms. The molecular weight excluding hydrogens is 376 g/mol. The van der Waals surface area contributed by atoms with E-state index in [1.54, 1.807) is 6.07 Å². The fourth-order valence-electron chi connectivity index (χ4n) is 2.31. The van der Waals surface area contributed by atoms with Gasteiger partial charge < -0.3 is 10.5 Å². The fraction of sp³-hybridized carbons (Fsp3) is 0. The van der Waals surface area contributed by atoms with Crippen LogP contribution in [0.2, 0.25) is 0 Å². The zero-order valence-electron chi connectivity index (χ0n) is 12.2. The van der Waals surface area contributed by atoms with Gasteiger partial charge in [-0.2, -0.15) is 0 Å². The lowest BCUT2D eigenvalue weighted by Gasteiger charge is -2.10. The SMILES string of the molecule is NC(=O)c1ccc(Oc2ccc3ccccc3c2Br)c([N+](=O)[O-])c1. The number of ether oxygens (including phenoxy) is 1. The molecule has 6 nitrogen and oxygen atoms in total. The molecule has 0 bridgehead atoms. The maximum atomic E-state index is 11.2. The molecule has 0 unspecified atom stereocenters. The highest BCUT2D eigenvalue weighted by atomic mass is 79.9. The number of carbonyl (C=O) groups is 1. The van der Waals surface area contributed by atoms with Crippen molar-refractivity contribution < 1.29 is 14.5 Å². The predicted molar refractivity (Wildman–Crippen MR) is 93.3 cm³/mol. The third-order valence-corrected chi connectivity index (χ3v) is 4.31. The minimum absolute atomic E-state index is 0.0287. The standard InChI is InChI=1S/C17H11BrN2O4/c18-16-12-4-2-1-3-10(12)5-8-15(16)24-14-7-6-11(17(19)21)9-13(14)20(22)23/h1-9H,(H2,19,21). The van der Waals surface area contributed by atoms with Gasteiger partial charge in [-0.25, -0.2) is 0 Å². The number of nitrogens with zero attached hydrogens (tertiary/aromatic N) is 1. The van der Waals surface area contributed by atoms with Crippen molar-refractivity contribution in [3.63, 3.8) is 0 Å². The molecule has 3 rings (SSSR count). The summed E-state index contributed by atoms with van der Waals surface area (Å²) in [5, 5.41) is 13.2. The number of nitro benzene ring substituents is 1. The largest absolute Gasteiger partial charge is 0.449 e. The molecule has 24 heavy (non-hydrogen) atoms. The van der Waals surface area contributed by atoms with E-state index in [1.165, 1.54) is 12.1 Å². The molecule has 1 amide bonds. The maximum Gasteiger partial charge on any atom is 0.312 e. The van der Waals surface area contributed by atoms with Crippen molar-refractivity contribution >= 4 is 38.3 Å². The monoisotopic (exact) mass is 386 g/mol. The molecule has 0 saturated carbocycles. The van der Waals surface area contributed by atoms with E-state index >= 15 is 0 Å². The quantitative estimate of drug-likeness (QED) is 0.530. The Morgan fingerprint density at radius 2 is 1.79 bits per heavy atom. The smallest absolute Gasteiger partial charge is 0.312 e. The van der Waals surface area contributed by atoms with E-state index in [4.69, 9.17) is 10.5 Å². The average Bonchev–Trinajstić information content (AvgIpc) is 2.57.